The van der Waals surface area contributed by atoms with Crippen molar-refractivity contribution >= 4 is 47.1 Å². The predicted molar refractivity (Wildman–Crippen MR) is 84.6 cm³/mol. The zero-order valence-corrected chi connectivity index (χ0v) is 14.0. The molecule has 0 fully saturated rings. The van der Waals surface area contributed by atoms with Gasteiger partial charge >= 0.3 is 12.4 Å². The van der Waals surface area contributed by atoms with Gasteiger partial charge in [0, 0.05) is 5.56 Å². The van der Waals surface area contributed by atoms with E-state index in [1.54, 1.807) is 6.26 Å². The summed E-state index contributed by atoms with van der Waals surface area (Å²) in [4.78, 5) is 0. The maximum Gasteiger partial charge on any atom is 0.417 e. The van der Waals surface area contributed by atoms with Gasteiger partial charge in [-0.3, -0.25) is 0 Å². The number of nitrogens with two attached hydrogens (primary N) is 1. The van der Waals surface area contributed by atoms with Crippen LogP contribution in [0.15, 0.2) is 28.4 Å². The summed E-state index contributed by atoms with van der Waals surface area (Å²) < 4.78 is 75.7. The van der Waals surface area contributed by atoms with Gasteiger partial charge in [0.15, 0.2) is 5.17 Å². The molecule has 0 saturated heterocycles. The first-order valence-corrected chi connectivity index (χ1v) is 6.47. The molecule has 22 heavy (non-hydrogen) atoms. The van der Waals surface area contributed by atoms with Crippen LogP contribution in [0.25, 0.3) is 0 Å². The average Bonchev–Trinajstić information content (AvgIpc) is 2.36. The van der Waals surface area contributed by atoms with Crippen molar-refractivity contribution < 1.29 is 26.3 Å². The quantitative estimate of drug-likeness (QED) is 0.236. The third-order valence-electron chi connectivity index (χ3n) is 2.25. The lowest BCUT2D eigenvalue weighted by Gasteiger charge is -2.13. The van der Waals surface area contributed by atoms with Crippen molar-refractivity contribution in [3.63, 3.8) is 0 Å². The summed E-state index contributed by atoms with van der Waals surface area (Å²) >= 11 is 0.989. The van der Waals surface area contributed by atoms with E-state index in [2.05, 4.69) is 10.2 Å². The number of benzene rings is 1. The molecule has 0 heterocycles. The molecule has 0 amide bonds. The first kappa shape index (κ1) is 21.0. The van der Waals surface area contributed by atoms with E-state index >= 15 is 0 Å². The Labute approximate surface area is 143 Å². The Morgan fingerprint density at radius 3 is 2.18 bits per heavy atom. The molecule has 0 aliphatic rings. The number of hydrogen-bond acceptors (Lipinski definition) is 3. The molecular weight excluding hydrogens is 447 g/mol. The van der Waals surface area contributed by atoms with Crippen molar-refractivity contribution in [2.45, 2.75) is 12.4 Å². The molecule has 3 nitrogen and oxygen atoms in total. The lowest BCUT2D eigenvalue weighted by Crippen LogP contribution is -2.12. The molecule has 1 aromatic rings. The number of hydrogen-bond donors (Lipinski definition) is 1. The normalized spacial score (nSPS) is 13.3. The van der Waals surface area contributed by atoms with Crippen molar-refractivity contribution in [3.05, 3.63) is 34.9 Å². The predicted octanol–water partition coefficient (Wildman–Crippen LogP) is 4.35. The third-order valence-corrected chi connectivity index (χ3v) is 2.75. The Morgan fingerprint density at radius 2 is 1.73 bits per heavy atom. The Morgan fingerprint density at radius 1 is 1.14 bits per heavy atom. The molecule has 0 atom stereocenters. The van der Waals surface area contributed by atoms with Crippen molar-refractivity contribution in [1.29, 1.82) is 0 Å². The average molecular weight is 457 g/mol. The summed E-state index contributed by atoms with van der Waals surface area (Å²) in [5, 5.41) is 6.56. The van der Waals surface area contributed by atoms with E-state index in [-0.39, 0.29) is 29.1 Å². The van der Waals surface area contributed by atoms with Crippen molar-refractivity contribution in [2.24, 2.45) is 15.9 Å². The Kier molecular flexibility index (Phi) is 7.68. The minimum Gasteiger partial charge on any atom is -0.377 e. The van der Waals surface area contributed by atoms with Crippen molar-refractivity contribution in [1.82, 2.24) is 0 Å². The monoisotopic (exact) mass is 457 g/mol. The molecule has 2 N–H and O–H groups in total. The highest BCUT2D eigenvalue weighted by molar-refractivity contribution is 14.0. The fourth-order valence-corrected chi connectivity index (χ4v) is 1.42. The molecule has 0 spiro atoms. The number of rotatable bonds is 2. The van der Waals surface area contributed by atoms with E-state index in [4.69, 9.17) is 5.73 Å². The first-order valence-electron chi connectivity index (χ1n) is 5.24. The molecule has 1 rings (SSSR count). The van der Waals surface area contributed by atoms with Gasteiger partial charge in [-0.25, -0.2) is 0 Å². The second kappa shape index (κ2) is 8.04. The highest BCUT2D eigenvalue weighted by Crippen LogP contribution is 2.35. The fraction of sp³-hybridized carbons (Fsp3) is 0.273. The summed E-state index contributed by atoms with van der Waals surface area (Å²) in [5.41, 5.74) is 2.07. The minimum atomic E-state index is -4.81. The molecule has 0 radical (unpaired) electrons. The summed E-state index contributed by atoms with van der Waals surface area (Å²) in [6, 6.07) is 1.07. The maximum atomic E-state index is 12.7. The van der Waals surface area contributed by atoms with Crippen LogP contribution in [0, 0.1) is 0 Å². The first-order chi connectivity index (χ1) is 9.55. The topological polar surface area (TPSA) is 50.7 Å². The van der Waals surface area contributed by atoms with Gasteiger partial charge in [0.2, 0.25) is 0 Å². The lowest BCUT2D eigenvalue weighted by atomic mass is 10.0. The number of nitrogens with zero attached hydrogens (tertiary/aromatic N) is 2. The lowest BCUT2D eigenvalue weighted by molar-refractivity contribution is -0.141. The zero-order valence-electron chi connectivity index (χ0n) is 10.9. The van der Waals surface area contributed by atoms with Gasteiger partial charge in [0.1, 0.15) is 0 Å². The third kappa shape index (κ3) is 6.02. The molecule has 124 valence electrons. The van der Waals surface area contributed by atoms with E-state index in [9.17, 15) is 26.3 Å². The van der Waals surface area contributed by atoms with Crippen LogP contribution in [0.4, 0.5) is 26.3 Å². The van der Waals surface area contributed by atoms with E-state index in [0.29, 0.717) is 24.4 Å². The van der Waals surface area contributed by atoms with E-state index in [1.165, 1.54) is 0 Å². The molecule has 0 bridgehead atoms. The fourth-order valence-electron chi connectivity index (χ4n) is 1.29. The Bertz CT molecular complexity index is 568. The van der Waals surface area contributed by atoms with Crippen LogP contribution in [0.3, 0.4) is 0 Å². The van der Waals surface area contributed by atoms with Gasteiger partial charge in [-0.1, -0.05) is 11.8 Å². The van der Waals surface area contributed by atoms with Gasteiger partial charge in [-0.05, 0) is 24.5 Å². The Hall–Kier alpha value is -0.980. The summed E-state index contributed by atoms with van der Waals surface area (Å²) in [6.07, 6.45) is -7.42. The second-order valence-corrected chi connectivity index (χ2v) is 4.51. The van der Waals surface area contributed by atoms with Crippen LogP contribution in [0.5, 0.6) is 0 Å². The largest absolute Gasteiger partial charge is 0.417 e. The van der Waals surface area contributed by atoms with Gasteiger partial charge in [0.25, 0.3) is 0 Å². The number of thioether (sulfide) groups is 1. The zero-order chi connectivity index (χ0) is 16.3. The van der Waals surface area contributed by atoms with Gasteiger partial charge in [-0.2, -0.15) is 31.4 Å². The molecule has 0 saturated carbocycles. The van der Waals surface area contributed by atoms with Gasteiger partial charge in [0.05, 0.1) is 17.3 Å². The Balaban J connectivity index is 0.00000441. The standard InChI is InChI=1S/C11H9F6N3S.HI/c1-21-9(18)20-19-5-6-4-7(10(12,13)14)2-3-8(6)11(15,16)17;/h2-5H,1H3,(H2,18,20);1H/b19-5+;. The minimum absolute atomic E-state index is 0. The maximum absolute atomic E-state index is 12.7. The van der Waals surface area contributed by atoms with Gasteiger partial charge in [-0.15, -0.1) is 29.1 Å². The van der Waals surface area contributed by atoms with Gasteiger partial charge < -0.3 is 5.73 Å². The van der Waals surface area contributed by atoms with Crippen molar-refractivity contribution in [2.75, 3.05) is 6.26 Å². The number of alkyl halides is 6. The SMILES string of the molecule is CS/C(N)=N/N=C/c1cc(C(F)(F)F)ccc1C(F)(F)F.I. The smallest absolute Gasteiger partial charge is 0.377 e. The van der Waals surface area contributed by atoms with E-state index < -0.39 is 29.0 Å². The van der Waals surface area contributed by atoms with Crippen LogP contribution in [0.2, 0.25) is 0 Å². The molecule has 0 aromatic heterocycles. The molecule has 1 aromatic carbocycles. The molecule has 0 aliphatic heterocycles. The molecule has 11 heteroatoms. The van der Waals surface area contributed by atoms with E-state index in [0.717, 1.165) is 11.8 Å². The highest BCUT2D eigenvalue weighted by atomic mass is 127. The second-order valence-electron chi connectivity index (χ2n) is 3.68. The number of amidine groups is 1. The van der Waals surface area contributed by atoms with Crippen molar-refractivity contribution in [3.8, 4) is 0 Å². The summed E-state index contributed by atoms with van der Waals surface area (Å²) in [7, 11) is 0. The van der Waals surface area contributed by atoms with E-state index in [1.807, 2.05) is 0 Å². The summed E-state index contributed by atoms with van der Waals surface area (Å²) in [6.45, 7) is 0. The van der Waals surface area contributed by atoms with Crippen LogP contribution < -0.4 is 5.73 Å². The summed E-state index contributed by atoms with van der Waals surface area (Å²) in [5.74, 6) is 0. The molecule has 0 unspecified atom stereocenters. The van der Waals surface area contributed by atoms with Crippen LogP contribution in [-0.4, -0.2) is 17.6 Å². The molecule has 0 aliphatic carbocycles. The van der Waals surface area contributed by atoms with Crippen LogP contribution in [-0.2, 0) is 12.4 Å². The molecular formula is C11H10F6IN3S. The van der Waals surface area contributed by atoms with Crippen LogP contribution in [0.1, 0.15) is 16.7 Å². The number of halogens is 7. The van der Waals surface area contributed by atoms with Crippen LogP contribution >= 0.6 is 35.7 Å². The highest BCUT2D eigenvalue weighted by Gasteiger charge is 2.36.